The highest BCUT2D eigenvalue weighted by Crippen LogP contribution is 2.33. The summed E-state index contributed by atoms with van der Waals surface area (Å²) >= 11 is 20.6. The van der Waals surface area contributed by atoms with E-state index in [1.54, 1.807) is 6.07 Å². The zero-order chi connectivity index (χ0) is 8.43. The number of alkyl halides is 1. The van der Waals surface area contributed by atoms with E-state index < -0.39 is 0 Å². The van der Waals surface area contributed by atoms with E-state index >= 15 is 0 Å². The summed E-state index contributed by atoms with van der Waals surface area (Å²) in [6.45, 7) is 0. The molecule has 11 heavy (non-hydrogen) atoms. The van der Waals surface area contributed by atoms with Crippen molar-refractivity contribution in [3.63, 3.8) is 0 Å². The van der Waals surface area contributed by atoms with E-state index in [-0.39, 0.29) is 0 Å². The molecule has 0 nitrogen and oxygen atoms in total. The minimum atomic E-state index is 0.422. The van der Waals surface area contributed by atoms with Gasteiger partial charge in [0.1, 0.15) is 0 Å². The van der Waals surface area contributed by atoms with Crippen LogP contribution in [0, 0.1) is 0 Å². The Morgan fingerprint density at radius 3 is 2.27 bits per heavy atom. The van der Waals surface area contributed by atoms with Crippen molar-refractivity contribution in [3.05, 3.63) is 32.8 Å². The molecule has 1 aromatic carbocycles. The average molecular weight is 274 g/mol. The molecule has 1 rings (SSSR count). The molecule has 0 aromatic heterocycles. The lowest BCUT2D eigenvalue weighted by Crippen LogP contribution is -1.80. The average Bonchev–Trinajstić information content (AvgIpc) is 2.01. The van der Waals surface area contributed by atoms with Gasteiger partial charge in [0.15, 0.2) is 0 Å². The molecule has 0 N–H and O–H groups in total. The summed E-state index contributed by atoms with van der Waals surface area (Å²) in [5.74, 6) is 0. The number of hydrogen-bond acceptors (Lipinski definition) is 0. The lowest BCUT2D eigenvalue weighted by molar-refractivity contribution is 1.44. The van der Waals surface area contributed by atoms with Gasteiger partial charge in [0, 0.05) is 5.33 Å². The maximum Gasteiger partial charge on any atom is 0.0781 e. The molecule has 1 aromatic rings. The van der Waals surface area contributed by atoms with Crippen molar-refractivity contribution in [2.45, 2.75) is 5.33 Å². The van der Waals surface area contributed by atoms with E-state index in [9.17, 15) is 0 Å². The summed E-state index contributed by atoms with van der Waals surface area (Å²) in [4.78, 5) is 0. The highest BCUT2D eigenvalue weighted by Gasteiger charge is 2.06. The summed E-state index contributed by atoms with van der Waals surface area (Å²) in [6, 6.07) is 3.57. The maximum absolute atomic E-state index is 5.85. The molecule has 0 aliphatic heterocycles. The first-order chi connectivity index (χ1) is 5.16. The molecule has 0 aliphatic carbocycles. The third kappa shape index (κ3) is 2.03. The molecule has 0 bridgehead atoms. The normalized spacial score (nSPS) is 10.2. The minimum absolute atomic E-state index is 0.422. The lowest BCUT2D eigenvalue weighted by atomic mass is 10.2. The van der Waals surface area contributed by atoms with Gasteiger partial charge in [-0.05, 0) is 11.6 Å². The van der Waals surface area contributed by atoms with Crippen molar-refractivity contribution in [1.29, 1.82) is 0 Å². The van der Waals surface area contributed by atoms with Crippen LogP contribution in [-0.2, 0) is 5.33 Å². The van der Waals surface area contributed by atoms with E-state index in [1.807, 2.05) is 6.07 Å². The Morgan fingerprint density at radius 2 is 1.73 bits per heavy atom. The molecule has 0 saturated heterocycles. The fourth-order valence-corrected chi connectivity index (χ4v) is 1.92. The van der Waals surface area contributed by atoms with E-state index in [1.165, 1.54) is 0 Å². The number of hydrogen-bond donors (Lipinski definition) is 0. The molecule has 0 heterocycles. The molecule has 0 spiro atoms. The van der Waals surface area contributed by atoms with Crippen LogP contribution in [0.3, 0.4) is 0 Å². The summed E-state index contributed by atoms with van der Waals surface area (Å²) in [6.07, 6.45) is 0. The summed E-state index contributed by atoms with van der Waals surface area (Å²) < 4.78 is 0. The van der Waals surface area contributed by atoms with Crippen molar-refractivity contribution in [2.24, 2.45) is 0 Å². The Kier molecular flexibility index (Phi) is 3.51. The molecule has 0 aliphatic rings. The number of rotatable bonds is 1. The van der Waals surface area contributed by atoms with Crippen molar-refractivity contribution >= 4 is 50.7 Å². The standard InChI is InChI=1S/C7H4BrCl3/c8-3-4-1-2-5(9)7(11)6(4)10/h1-2H,3H2. The van der Waals surface area contributed by atoms with Gasteiger partial charge in [-0.1, -0.05) is 56.8 Å². The largest absolute Gasteiger partial charge is 0.0876 e. The molecule has 0 fully saturated rings. The lowest BCUT2D eigenvalue weighted by Gasteiger charge is -2.02. The third-order valence-corrected chi connectivity index (χ3v) is 3.20. The fraction of sp³-hybridized carbons (Fsp3) is 0.143. The molecular weight excluding hydrogens is 270 g/mol. The first kappa shape index (κ1) is 9.66. The first-order valence-electron chi connectivity index (χ1n) is 2.85. The summed E-state index contributed by atoms with van der Waals surface area (Å²) in [7, 11) is 0. The Balaban J connectivity index is 3.25. The van der Waals surface area contributed by atoms with Gasteiger partial charge < -0.3 is 0 Å². The maximum atomic E-state index is 5.85. The monoisotopic (exact) mass is 272 g/mol. The van der Waals surface area contributed by atoms with E-state index in [4.69, 9.17) is 34.8 Å². The van der Waals surface area contributed by atoms with Crippen LogP contribution < -0.4 is 0 Å². The van der Waals surface area contributed by atoms with Crippen LogP contribution >= 0.6 is 50.7 Å². The van der Waals surface area contributed by atoms with Crippen LogP contribution in [0.1, 0.15) is 5.56 Å². The Labute approximate surface area is 88.6 Å². The highest BCUT2D eigenvalue weighted by molar-refractivity contribution is 9.08. The second kappa shape index (κ2) is 3.99. The summed E-state index contributed by atoms with van der Waals surface area (Å²) in [5, 5.41) is 2.12. The van der Waals surface area contributed by atoms with Crippen LogP contribution in [0.25, 0.3) is 0 Å². The van der Waals surface area contributed by atoms with Crippen molar-refractivity contribution < 1.29 is 0 Å². The first-order valence-corrected chi connectivity index (χ1v) is 5.10. The predicted octanol–water partition coefficient (Wildman–Crippen LogP) is 4.54. The van der Waals surface area contributed by atoms with Crippen LogP contribution in [0.2, 0.25) is 15.1 Å². The Morgan fingerprint density at radius 1 is 1.09 bits per heavy atom. The van der Waals surface area contributed by atoms with E-state index in [0.29, 0.717) is 20.4 Å². The quantitative estimate of drug-likeness (QED) is 0.521. The fourth-order valence-electron chi connectivity index (χ4n) is 0.669. The second-order valence-electron chi connectivity index (χ2n) is 1.97. The van der Waals surface area contributed by atoms with Gasteiger partial charge in [-0.2, -0.15) is 0 Å². The van der Waals surface area contributed by atoms with Crippen molar-refractivity contribution in [2.75, 3.05) is 0 Å². The molecule has 0 unspecified atom stereocenters. The SMILES string of the molecule is Clc1ccc(CBr)c(Cl)c1Cl. The van der Waals surface area contributed by atoms with E-state index in [2.05, 4.69) is 15.9 Å². The van der Waals surface area contributed by atoms with Gasteiger partial charge in [-0.3, -0.25) is 0 Å². The topological polar surface area (TPSA) is 0 Å². The predicted molar refractivity (Wildman–Crippen MR) is 54.1 cm³/mol. The van der Waals surface area contributed by atoms with Crippen LogP contribution in [0.5, 0.6) is 0 Å². The zero-order valence-electron chi connectivity index (χ0n) is 5.37. The molecule has 0 saturated carbocycles. The van der Waals surface area contributed by atoms with Crippen molar-refractivity contribution in [1.82, 2.24) is 0 Å². The van der Waals surface area contributed by atoms with Gasteiger partial charge in [0.25, 0.3) is 0 Å². The smallest absolute Gasteiger partial charge is 0.0781 e. The Hall–Kier alpha value is 0.570. The van der Waals surface area contributed by atoms with Gasteiger partial charge in [-0.25, -0.2) is 0 Å². The van der Waals surface area contributed by atoms with Gasteiger partial charge in [-0.15, -0.1) is 0 Å². The highest BCUT2D eigenvalue weighted by atomic mass is 79.9. The van der Waals surface area contributed by atoms with Gasteiger partial charge in [0.05, 0.1) is 15.1 Å². The van der Waals surface area contributed by atoms with Crippen LogP contribution in [0.15, 0.2) is 12.1 Å². The Bertz CT molecular complexity index is 273. The van der Waals surface area contributed by atoms with Crippen molar-refractivity contribution in [3.8, 4) is 0 Å². The molecule has 0 atom stereocenters. The molecule has 0 amide bonds. The third-order valence-electron chi connectivity index (χ3n) is 1.26. The molecule has 60 valence electrons. The number of benzene rings is 1. The molecule has 4 heteroatoms. The van der Waals surface area contributed by atoms with Gasteiger partial charge >= 0.3 is 0 Å². The molecule has 0 radical (unpaired) electrons. The van der Waals surface area contributed by atoms with E-state index in [0.717, 1.165) is 5.56 Å². The second-order valence-corrected chi connectivity index (χ2v) is 3.69. The summed E-state index contributed by atoms with van der Waals surface area (Å²) in [5.41, 5.74) is 0.945. The molecular formula is C7H4BrCl3. The minimum Gasteiger partial charge on any atom is -0.0876 e. The zero-order valence-corrected chi connectivity index (χ0v) is 9.23. The van der Waals surface area contributed by atoms with Gasteiger partial charge in [0.2, 0.25) is 0 Å². The van der Waals surface area contributed by atoms with Crippen LogP contribution in [-0.4, -0.2) is 0 Å². The van der Waals surface area contributed by atoms with Crippen LogP contribution in [0.4, 0.5) is 0 Å². The number of halogens is 4.